The summed E-state index contributed by atoms with van der Waals surface area (Å²) in [4.78, 5) is 38.9. The smallest absolute Gasteiger partial charge is 0.475 e. The van der Waals surface area contributed by atoms with Crippen LogP contribution >= 0.6 is 11.3 Å². The fourth-order valence-electron chi connectivity index (χ4n) is 4.04. The van der Waals surface area contributed by atoms with Gasteiger partial charge in [-0.1, -0.05) is 0 Å². The Labute approximate surface area is 242 Å². The number of carbonyl (C=O) groups is 3. The number of carboxylic acid groups (broad SMARTS) is 3. The summed E-state index contributed by atoms with van der Waals surface area (Å²) in [6, 6.07) is 0.580. The lowest BCUT2D eigenvalue weighted by atomic mass is 10.1. The van der Waals surface area contributed by atoms with E-state index in [0.717, 1.165) is 32.8 Å². The minimum atomic E-state index is -5.08. The molecule has 3 saturated heterocycles. The van der Waals surface area contributed by atoms with Crippen molar-refractivity contribution in [3.8, 4) is 0 Å². The third-order valence-electron chi connectivity index (χ3n) is 5.96. The van der Waals surface area contributed by atoms with Crippen molar-refractivity contribution < 1.29 is 74.0 Å². The van der Waals surface area contributed by atoms with Crippen LogP contribution in [0.4, 0.5) is 39.5 Å². The van der Waals surface area contributed by atoms with Gasteiger partial charge < -0.3 is 25.0 Å². The average molecular weight is 665 g/mol. The van der Waals surface area contributed by atoms with Gasteiger partial charge in [-0.15, -0.1) is 11.3 Å². The number of hydrogen-bond acceptors (Lipinski definition) is 9. The fraction of sp³-hybridized carbons (Fsp3) is 0.727. The Morgan fingerprint density at radius 2 is 1.30 bits per heavy atom. The number of ether oxygens (including phenoxy) is 1. The van der Waals surface area contributed by atoms with Crippen LogP contribution in [0.2, 0.25) is 0 Å². The minimum absolute atomic E-state index is 0.396. The number of aromatic nitrogens is 1. The van der Waals surface area contributed by atoms with Crippen molar-refractivity contribution in [2.24, 2.45) is 0 Å². The highest BCUT2D eigenvalue weighted by Crippen LogP contribution is 2.25. The fourth-order valence-corrected chi connectivity index (χ4v) is 4.70. The molecule has 3 fully saturated rings. The molecule has 0 spiro atoms. The first-order valence-corrected chi connectivity index (χ1v) is 13.2. The summed E-state index contributed by atoms with van der Waals surface area (Å²) in [5.41, 5.74) is 0. The van der Waals surface area contributed by atoms with Gasteiger partial charge in [0.05, 0.1) is 19.3 Å². The summed E-state index contributed by atoms with van der Waals surface area (Å²) in [7, 11) is 0. The molecule has 248 valence electrons. The Balaban J connectivity index is 0.000000363. The van der Waals surface area contributed by atoms with E-state index in [0.29, 0.717) is 12.1 Å². The number of likely N-dealkylation sites (tertiary alicyclic amines) is 2. The first kappa shape index (κ1) is 38.3. The first-order chi connectivity index (χ1) is 19.7. The summed E-state index contributed by atoms with van der Waals surface area (Å²) < 4.78 is 101. The summed E-state index contributed by atoms with van der Waals surface area (Å²) in [6.45, 7) is 10.2. The average Bonchev–Trinajstić information content (AvgIpc) is 3.65. The van der Waals surface area contributed by atoms with Crippen LogP contribution in [-0.4, -0.2) is 136 Å². The van der Waals surface area contributed by atoms with Gasteiger partial charge in [0.25, 0.3) is 0 Å². The lowest BCUT2D eigenvalue weighted by Crippen LogP contribution is -2.52. The molecule has 0 radical (unpaired) electrons. The number of thiazole rings is 1. The number of morpholine rings is 1. The van der Waals surface area contributed by atoms with E-state index in [2.05, 4.69) is 25.1 Å². The maximum atomic E-state index is 10.6. The second-order valence-corrected chi connectivity index (χ2v) is 10.1. The van der Waals surface area contributed by atoms with Crippen LogP contribution in [-0.2, 0) is 25.7 Å². The molecule has 0 aliphatic carbocycles. The van der Waals surface area contributed by atoms with Gasteiger partial charge in [0.2, 0.25) is 0 Å². The number of rotatable bonds is 5. The van der Waals surface area contributed by atoms with Gasteiger partial charge in [0.15, 0.2) is 0 Å². The van der Waals surface area contributed by atoms with E-state index in [1.54, 1.807) is 11.3 Å². The molecule has 3 aliphatic heterocycles. The highest BCUT2D eigenvalue weighted by Gasteiger charge is 2.41. The van der Waals surface area contributed by atoms with Crippen molar-refractivity contribution in [3.63, 3.8) is 0 Å². The minimum Gasteiger partial charge on any atom is -0.475 e. The van der Waals surface area contributed by atoms with Crippen molar-refractivity contribution in [1.29, 1.82) is 0 Å². The first-order valence-electron chi connectivity index (χ1n) is 12.3. The van der Waals surface area contributed by atoms with Gasteiger partial charge in [-0.05, 0) is 25.9 Å². The standard InChI is InChI=1S/C16H26N4OS.3C2HF3O2/c1-2-5-18(4-1)6-7-20-8-9-21-15-12-19(11-14(15)20)13-16-17-3-10-22-16;3*3-2(4,5)1(6)7/h3,10,14-15H,1-2,4-9,11-13H2;3*(H,6,7)/t14-,15+;;;/m1.../s1. The van der Waals surface area contributed by atoms with Crippen LogP contribution in [0.3, 0.4) is 0 Å². The van der Waals surface area contributed by atoms with Crippen LogP contribution in [0.25, 0.3) is 0 Å². The molecule has 0 bridgehead atoms. The third-order valence-corrected chi connectivity index (χ3v) is 6.73. The summed E-state index contributed by atoms with van der Waals surface area (Å²) >= 11 is 1.76. The second kappa shape index (κ2) is 16.9. The van der Waals surface area contributed by atoms with Crippen LogP contribution in [0.5, 0.6) is 0 Å². The highest BCUT2D eigenvalue weighted by atomic mass is 32.1. The zero-order valence-corrected chi connectivity index (χ0v) is 23.0. The number of alkyl halides is 9. The molecule has 1 aromatic heterocycles. The van der Waals surface area contributed by atoms with Gasteiger partial charge in [0.1, 0.15) is 5.01 Å². The lowest BCUT2D eigenvalue weighted by molar-refractivity contribution is -0.193. The Hall–Kier alpha value is -2.75. The number of nitrogens with zero attached hydrogens (tertiary/aromatic N) is 4. The lowest BCUT2D eigenvalue weighted by Gasteiger charge is -2.37. The van der Waals surface area contributed by atoms with E-state index in [9.17, 15) is 39.5 Å². The van der Waals surface area contributed by atoms with E-state index >= 15 is 0 Å². The van der Waals surface area contributed by atoms with Crippen molar-refractivity contribution in [2.45, 2.75) is 50.1 Å². The Kier molecular flexibility index (Phi) is 15.1. The van der Waals surface area contributed by atoms with E-state index in [4.69, 9.17) is 34.4 Å². The highest BCUT2D eigenvalue weighted by molar-refractivity contribution is 7.09. The monoisotopic (exact) mass is 664 g/mol. The number of carboxylic acids is 3. The van der Waals surface area contributed by atoms with Crippen molar-refractivity contribution in [2.75, 3.05) is 52.4 Å². The van der Waals surface area contributed by atoms with Crippen molar-refractivity contribution in [1.82, 2.24) is 19.7 Å². The molecular formula is C22H29F9N4O7S. The van der Waals surface area contributed by atoms with Crippen molar-refractivity contribution in [3.05, 3.63) is 16.6 Å². The molecule has 21 heteroatoms. The van der Waals surface area contributed by atoms with E-state index in [1.807, 2.05) is 6.20 Å². The normalized spacial score (nSPS) is 21.3. The molecular weight excluding hydrogens is 635 g/mol. The molecule has 4 rings (SSSR count). The molecule has 1 aromatic rings. The van der Waals surface area contributed by atoms with Gasteiger partial charge in [-0.2, -0.15) is 39.5 Å². The maximum Gasteiger partial charge on any atom is 0.490 e. The number of hydrogen-bond donors (Lipinski definition) is 3. The SMILES string of the molecule is O=C(O)C(F)(F)F.O=C(O)C(F)(F)F.O=C(O)C(F)(F)F.c1csc(CN2C[C@@H]3OCCN(CCN4CCCC4)[C@@H]3C2)n1. The van der Waals surface area contributed by atoms with E-state index in [-0.39, 0.29) is 0 Å². The van der Waals surface area contributed by atoms with Gasteiger partial charge >= 0.3 is 36.4 Å². The Morgan fingerprint density at radius 3 is 1.72 bits per heavy atom. The molecule has 0 unspecified atom stereocenters. The molecule has 0 aromatic carbocycles. The summed E-state index contributed by atoms with van der Waals surface area (Å²) in [5, 5.41) is 24.7. The molecule has 2 atom stereocenters. The van der Waals surface area contributed by atoms with Crippen LogP contribution < -0.4 is 0 Å². The molecule has 43 heavy (non-hydrogen) atoms. The van der Waals surface area contributed by atoms with Gasteiger partial charge in [-0.25, -0.2) is 19.4 Å². The number of aliphatic carboxylic acids is 3. The zero-order chi connectivity index (χ0) is 33.0. The predicted octanol–water partition coefficient (Wildman–Crippen LogP) is 3.02. The van der Waals surface area contributed by atoms with Crippen LogP contribution in [0.1, 0.15) is 17.8 Å². The van der Waals surface area contributed by atoms with E-state index < -0.39 is 36.4 Å². The molecule has 3 aliphatic rings. The molecule has 0 saturated carbocycles. The molecule has 4 heterocycles. The van der Waals surface area contributed by atoms with Crippen LogP contribution in [0, 0.1) is 0 Å². The van der Waals surface area contributed by atoms with Crippen LogP contribution in [0.15, 0.2) is 11.6 Å². The van der Waals surface area contributed by atoms with Gasteiger partial charge in [0, 0.05) is 50.3 Å². The quantitative estimate of drug-likeness (QED) is 0.400. The number of halogens is 9. The van der Waals surface area contributed by atoms with Gasteiger partial charge in [-0.3, -0.25) is 9.80 Å². The van der Waals surface area contributed by atoms with Crippen molar-refractivity contribution >= 4 is 29.2 Å². The second-order valence-electron chi connectivity index (χ2n) is 9.09. The van der Waals surface area contributed by atoms with E-state index in [1.165, 1.54) is 44.0 Å². The Morgan fingerprint density at radius 1 is 0.814 bits per heavy atom. The molecule has 0 amide bonds. The topological polar surface area (TPSA) is 144 Å². The maximum absolute atomic E-state index is 10.6. The molecule has 3 N–H and O–H groups in total. The molecule has 11 nitrogen and oxygen atoms in total. The Bertz CT molecular complexity index is 948. The largest absolute Gasteiger partial charge is 0.490 e. The number of fused-ring (bicyclic) bond motifs is 1. The summed E-state index contributed by atoms with van der Waals surface area (Å²) in [6.07, 6.45) is -10.2. The zero-order valence-electron chi connectivity index (χ0n) is 22.2. The third kappa shape index (κ3) is 15.0. The summed E-state index contributed by atoms with van der Waals surface area (Å²) in [5.74, 6) is -8.27. The predicted molar refractivity (Wildman–Crippen MR) is 129 cm³/mol.